The van der Waals surface area contributed by atoms with Crippen LogP contribution >= 0.6 is 23.4 Å². The number of halogens is 1. The number of fused-ring (bicyclic) bond motifs is 1. The zero-order valence-electron chi connectivity index (χ0n) is 14.7. The fourth-order valence-electron chi connectivity index (χ4n) is 2.98. The van der Waals surface area contributed by atoms with Crippen LogP contribution in [0.4, 0.5) is 0 Å². The molecular weight excluding hydrogens is 376 g/mol. The maximum atomic E-state index is 12.5. The van der Waals surface area contributed by atoms with Gasteiger partial charge in [-0.2, -0.15) is 0 Å². The summed E-state index contributed by atoms with van der Waals surface area (Å²) in [6, 6.07) is 4.54. The molecule has 0 aromatic heterocycles. The molecule has 0 bridgehead atoms. The number of ether oxygens (including phenoxy) is 2. The van der Waals surface area contributed by atoms with Crippen LogP contribution in [0, 0.1) is 0 Å². The Morgan fingerprint density at radius 3 is 2.92 bits per heavy atom. The Labute approximate surface area is 161 Å². The Morgan fingerprint density at radius 1 is 1.46 bits per heavy atom. The van der Waals surface area contributed by atoms with Gasteiger partial charge in [0.15, 0.2) is 5.17 Å². The molecule has 2 aliphatic heterocycles. The molecule has 3 rings (SSSR count). The third kappa shape index (κ3) is 3.33. The van der Waals surface area contributed by atoms with E-state index in [2.05, 4.69) is 4.99 Å². The average molecular weight is 395 g/mol. The number of amidine groups is 1. The van der Waals surface area contributed by atoms with Crippen LogP contribution in [0.3, 0.4) is 0 Å². The molecule has 0 N–H and O–H groups in total. The van der Waals surface area contributed by atoms with E-state index in [-0.39, 0.29) is 11.7 Å². The summed E-state index contributed by atoms with van der Waals surface area (Å²) < 4.78 is 10.8. The van der Waals surface area contributed by atoms with Crippen LogP contribution in [0.25, 0.3) is 0 Å². The third-order valence-corrected chi connectivity index (χ3v) is 5.29. The predicted molar refractivity (Wildman–Crippen MR) is 101 cm³/mol. The van der Waals surface area contributed by atoms with E-state index in [0.29, 0.717) is 39.4 Å². The Balaban J connectivity index is 2.19. The molecule has 0 spiro atoms. The van der Waals surface area contributed by atoms with Gasteiger partial charge in [-0.25, -0.2) is 9.79 Å². The van der Waals surface area contributed by atoms with Crippen LogP contribution in [0.5, 0.6) is 5.75 Å². The van der Waals surface area contributed by atoms with E-state index >= 15 is 0 Å². The highest BCUT2D eigenvalue weighted by Gasteiger charge is 2.44. The van der Waals surface area contributed by atoms with Crippen LogP contribution in [-0.4, -0.2) is 41.4 Å². The number of hydrogen-bond donors (Lipinski definition) is 0. The lowest BCUT2D eigenvalue weighted by Gasteiger charge is -2.33. The minimum absolute atomic E-state index is 0.117. The second kappa shape index (κ2) is 7.72. The van der Waals surface area contributed by atoms with Crippen molar-refractivity contribution in [1.29, 1.82) is 0 Å². The zero-order chi connectivity index (χ0) is 18.8. The lowest BCUT2D eigenvalue weighted by molar-refractivity contribution is -0.137. The number of thioether (sulfide) groups is 1. The number of carbonyl (C=O) groups excluding carboxylic acids is 2. The van der Waals surface area contributed by atoms with Crippen molar-refractivity contribution >= 4 is 40.4 Å². The number of benzene rings is 1. The summed E-state index contributed by atoms with van der Waals surface area (Å²) in [5, 5.41) is 1.07. The minimum Gasteiger partial charge on any atom is -0.493 e. The lowest BCUT2D eigenvalue weighted by atomic mass is 9.93. The summed E-state index contributed by atoms with van der Waals surface area (Å²) >= 11 is 7.57. The highest BCUT2D eigenvalue weighted by molar-refractivity contribution is 8.15. The molecule has 1 aromatic rings. The van der Waals surface area contributed by atoms with E-state index in [4.69, 9.17) is 21.1 Å². The molecule has 6 nitrogen and oxygen atoms in total. The summed E-state index contributed by atoms with van der Waals surface area (Å²) in [5.41, 5.74) is 1.49. The zero-order valence-corrected chi connectivity index (χ0v) is 16.3. The minimum atomic E-state index is -0.678. The largest absolute Gasteiger partial charge is 0.493 e. The van der Waals surface area contributed by atoms with Gasteiger partial charge in [0.1, 0.15) is 11.8 Å². The Hall–Kier alpha value is -1.99. The van der Waals surface area contributed by atoms with Gasteiger partial charge in [0.05, 0.1) is 30.7 Å². The predicted octanol–water partition coefficient (Wildman–Crippen LogP) is 3.56. The Morgan fingerprint density at radius 2 is 2.23 bits per heavy atom. The van der Waals surface area contributed by atoms with Gasteiger partial charge in [0.25, 0.3) is 0 Å². The number of carbonyl (C=O) groups is 2. The molecule has 1 atom stereocenters. The van der Waals surface area contributed by atoms with Crippen molar-refractivity contribution in [2.45, 2.75) is 26.3 Å². The molecule has 1 aromatic carbocycles. The molecule has 2 aliphatic rings. The SMILES string of the molecule is CCCOc1ccc(Cl)cc1[C@@H]1C(C(=O)OC)=C(C)N=C2SCC(=O)N21. The summed E-state index contributed by atoms with van der Waals surface area (Å²) in [4.78, 5) is 31.0. The number of amides is 1. The van der Waals surface area contributed by atoms with E-state index in [9.17, 15) is 9.59 Å². The van der Waals surface area contributed by atoms with Gasteiger partial charge in [-0.15, -0.1) is 0 Å². The molecule has 0 aliphatic carbocycles. The van der Waals surface area contributed by atoms with Gasteiger partial charge >= 0.3 is 5.97 Å². The van der Waals surface area contributed by atoms with Crippen molar-refractivity contribution in [2.75, 3.05) is 19.5 Å². The van der Waals surface area contributed by atoms with Crippen molar-refractivity contribution in [2.24, 2.45) is 4.99 Å². The summed E-state index contributed by atoms with van der Waals surface area (Å²) in [6.45, 7) is 4.26. The lowest BCUT2D eigenvalue weighted by Crippen LogP contribution is -2.39. The molecule has 0 unspecified atom stereocenters. The highest BCUT2D eigenvalue weighted by atomic mass is 35.5. The van der Waals surface area contributed by atoms with Crippen LogP contribution in [0.15, 0.2) is 34.5 Å². The van der Waals surface area contributed by atoms with E-state index in [1.54, 1.807) is 25.1 Å². The van der Waals surface area contributed by atoms with Crippen molar-refractivity contribution in [3.63, 3.8) is 0 Å². The van der Waals surface area contributed by atoms with Crippen molar-refractivity contribution in [3.8, 4) is 5.75 Å². The van der Waals surface area contributed by atoms with Crippen molar-refractivity contribution < 1.29 is 19.1 Å². The quantitative estimate of drug-likeness (QED) is 0.714. The molecule has 26 heavy (non-hydrogen) atoms. The van der Waals surface area contributed by atoms with Gasteiger partial charge in [0, 0.05) is 10.6 Å². The van der Waals surface area contributed by atoms with Crippen molar-refractivity contribution in [1.82, 2.24) is 4.90 Å². The Bertz CT molecular complexity index is 821. The molecule has 8 heteroatoms. The third-order valence-electron chi connectivity index (χ3n) is 4.12. The number of aliphatic imine (C=N–C) groups is 1. The molecule has 1 fully saturated rings. The van der Waals surface area contributed by atoms with E-state index in [0.717, 1.165) is 6.42 Å². The number of hydrogen-bond acceptors (Lipinski definition) is 6. The first kappa shape index (κ1) is 18.8. The van der Waals surface area contributed by atoms with Gasteiger partial charge in [-0.3, -0.25) is 9.69 Å². The molecule has 2 heterocycles. The first-order valence-electron chi connectivity index (χ1n) is 8.22. The van der Waals surface area contributed by atoms with Gasteiger partial charge in [-0.05, 0) is 31.5 Å². The average Bonchev–Trinajstić information content (AvgIpc) is 2.99. The maximum Gasteiger partial charge on any atom is 0.338 e. The monoisotopic (exact) mass is 394 g/mol. The smallest absolute Gasteiger partial charge is 0.338 e. The second-order valence-electron chi connectivity index (χ2n) is 5.87. The van der Waals surface area contributed by atoms with Gasteiger partial charge in [0.2, 0.25) is 5.91 Å². The fraction of sp³-hybridized carbons (Fsp3) is 0.389. The number of esters is 1. The van der Waals surface area contributed by atoms with Crippen LogP contribution in [0.1, 0.15) is 31.9 Å². The van der Waals surface area contributed by atoms with E-state index in [1.807, 2.05) is 6.92 Å². The molecule has 1 amide bonds. The van der Waals surface area contributed by atoms with E-state index in [1.165, 1.54) is 23.8 Å². The highest BCUT2D eigenvalue weighted by Crippen LogP contribution is 2.44. The normalized spacial score (nSPS) is 19.4. The molecule has 138 valence electrons. The first-order chi connectivity index (χ1) is 12.5. The van der Waals surface area contributed by atoms with Crippen LogP contribution in [0.2, 0.25) is 5.02 Å². The molecular formula is C18H19ClN2O4S. The number of allylic oxidation sites excluding steroid dienone is 1. The number of methoxy groups -OCH3 is 1. The summed E-state index contributed by atoms with van der Waals surface area (Å²) in [5.74, 6) is 0.222. The maximum absolute atomic E-state index is 12.5. The van der Waals surface area contributed by atoms with Gasteiger partial charge in [-0.1, -0.05) is 30.3 Å². The van der Waals surface area contributed by atoms with E-state index < -0.39 is 12.0 Å². The van der Waals surface area contributed by atoms with Crippen LogP contribution < -0.4 is 4.74 Å². The Kier molecular flexibility index (Phi) is 5.58. The number of rotatable bonds is 5. The summed E-state index contributed by atoms with van der Waals surface area (Å²) in [7, 11) is 1.31. The molecule has 1 saturated heterocycles. The number of nitrogens with zero attached hydrogens (tertiary/aromatic N) is 2. The first-order valence-corrected chi connectivity index (χ1v) is 9.59. The molecule has 0 saturated carbocycles. The van der Waals surface area contributed by atoms with Crippen molar-refractivity contribution in [3.05, 3.63) is 40.1 Å². The second-order valence-corrected chi connectivity index (χ2v) is 7.25. The molecule has 0 radical (unpaired) electrons. The van der Waals surface area contributed by atoms with Gasteiger partial charge < -0.3 is 9.47 Å². The fourth-order valence-corrected chi connectivity index (χ4v) is 4.10. The van der Waals surface area contributed by atoms with Crippen LogP contribution in [-0.2, 0) is 14.3 Å². The summed E-state index contributed by atoms with van der Waals surface area (Å²) in [6.07, 6.45) is 0.830. The standard InChI is InChI=1S/C18H19ClN2O4S/c1-4-7-25-13-6-5-11(19)8-12(13)16-15(17(23)24-3)10(2)20-18-21(16)14(22)9-26-18/h5-6,8,16H,4,7,9H2,1-3H3/t16-/m1/s1. The topological polar surface area (TPSA) is 68.2 Å².